The van der Waals surface area contributed by atoms with Crippen molar-refractivity contribution in [2.24, 2.45) is 4.40 Å². The molecule has 1 rings (SSSR count). The van der Waals surface area contributed by atoms with Gasteiger partial charge in [0, 0.05) is 26.2 Å². The Hall–Kier alpha value is -1.74. The molecule has 0 atom stereocenters. The second-order valence-corrected chi connectivity index (χ2v) is 5.66. The van der Waals surface area contributed by atoms with E-state index in [4.69, 9.17) is 11.6 Å². The predicted octanol–water partition coefficient (Wildman–Crippen LogP) is 1.67. The third-order valence-corrected chi connectivity index (χ3v) is 3.58. The summed E-state index contributed by atoms with van der Waals surface area (Å²) >= 11 is 5.58. The summed E-state index contributed by atoms with van der Waals surface area (Å²) in [7, 11) is -1.16. The SMILES string of the molecule is CN(C)/C=N/S(=O)(=O)c1cc([N+](=O)[O-])c(F)cc1Cl. The van der Waals surface area contributed by atoms with Gasteiger partial charge in [0.2, 0.25) is 5.82 Å². The monoisotopic (exact) mass is 309 g/mol. The minimum Gasteiger partial charge on any atom is -0.368 e. The van der Waals surface area contributed by atoms with E-state index in [2.05, 4.69) is 4.40 Å². The van der Waals surface area contributed by atoms with Gasteiger partial charge in [-0.2, -0.15) is 12.8 Å². The van der Waals surface area contributed by atoms with E-state index in [1.54, 1.807) is 0 Å². The van der Waals surface area contributed by atoms with Gasteiger partial charge < -0.3 is 4.90 Å². The Kier molecular flexibility index (Phi) is 4.43. The molecule has 1 aromatic carbocycles. The van der Waals surface area contributed by atoms with E-state index in [0.29, 0.717) is 12.1 Å². The van der Waals surface area contributed by atoms with Crippen molar-refractivity contribution in [1.29, 1.82) is 0 Å². The number of sulfonamides is 1. The van der Waals surface area contributed by atoms with Crippen LogP contribution in [0.4, 0.5) is 10.1 Å². The molecule has 0 amide bonds. The first kappa shape index (κ1) is 15.3. The molecule has 0 spiro atoms. The van der Waals surface area contributed by atoms with E-state index in [0.717, 1.165) is 6.34 Å². The third kappa shape index (κ3) is 3.61. The Bertz CT molecular complexity index is 645. The molecule has 0 aromatic heterocycles. The molecule has 0 saturated heterocycles. The number of nitro groups is 1. The smallest absolute Gasteiger partial charge is 0.306 e. The van der Waals surface area contributed by atoms with Gasteiger partial charge in [0.05, 0.1) is 9.95 Å². The highest BCUT2D eigenvalue weighted by atomic mass is 35.5. The largest absolute Gasteiger partial charge is 0.368 e. The lowest BCUT2D eigenvalue weighted by atomic mass is 10.3. The molecule has 0 bridgehead atoms. The van der Waals surface area contributed by atoms with E-state index in [1.807, 2.05) is 0 Å². The second kappa shape index (κ2) is 5.49. The number of halogens is 2. The maximum atomic E-state index is 13.2. The highest BCUT2D eigenvalue weighted by Gasteiger charge is 2.24. The fourth-order valence-corrected chi connectivity index (χ4v) is 2.50. The van der Waals surface area contributed by atoms with Crippen molar-refractivity contribution < 1.29 is 17.7 Å². The van der Waals surface area contributed by atoms with Gasteiger partial charge in [-0.1, -0.05) is 11.6 Å². The van der Waals surface area contributed by atoms with Crippen molar-refractivity contribution in [2.75, 3.05) is 14.1 Å². The summed E-state index contributed by atoms with van der Waals surface area (Å²) in [5, 5.41) is 10.1. The normalized spacial score (nSPS) is 11.8. The fraction of sp³-hybridized carbons (Fsp3) is 0.222. The van der Waals surface area contributed by atoms with E-state index >= 15 is 0 Å². The highest BCUT2D eigenvalue weighted by Crippen LogP contribution is 2.30. The van der Waals surface area contributed by atoms with Gasteiger partial charge in [-0.25, -0.2) is 0 Å². The molecule has 0 radical (unpaired) electrons. The van der Waals surface area contributed by atoms with Gasteiger partial charge in [0.1, 0.15) is 11.2 Å². The predicted molar refractivity (Wildman–Crippen MR) is 67.4 cm³/mol. The van der Waals surface area contributed by atoms with E-state index in [9.17, 15) is 22.9 Å². The van der Waals surface area contributed by atoms with Crippen LogP contribution in [0.2, 0.25) is 5.02 Å². The quantitative estimate of drug-likeness (QED) is 0.365. The van der Waals surface area contributed by atoms with Crippen LogP contribution in [0.15, 0.2) is 21.4 Å². The van der Waals surface area contributed by atoms with Crippen LogP contribution in [0.25, 0.3) is 0 Å². The first-order valence-corrected chi connectivity index (χ1v) is 6.57. The van der Waals surface area contributed by atoms with Crippen molar-refractivity contribution in [2.45, 2.75) is 4.90 Å². The minimum atomic E-state index is -4.23. The maximum absolute atomic E-state index is 13.2. The molecule has 0 aliphatic rings. The van der Waals surface area contributed by atoms with Gasteiger partial charge in [0.25, 0.3) is 10.0 Å². The van der Waals surface area contributed by atoms with Gasteiger partial charge in [-0.05, 0) is 0 Å². The minimum absolute atomic E-state index is 0.473. The Morgan fingerprint density at radius 1 is 1.47 bits per heavy atom. The van der Waals surface area contributed by atoms with Gasteiger partial charge >= 0.3 is 5.69 Å². The number of nitrogens with zero attached hydrogens (tertiary/aromatic N) is 3. The number of nitro benzene ring substituents is 1. The summed E-state index contributed by atoms with van der Waals surface area (Å²) in [5.74, 6) is -1.22. The summed E-state index contributed by atoms with van der Waals surface area (Å²) in [6.45, 7) is 0. The van der Waals surface area contributed by atoms with Crippen LogP contribution in [0.5, 0.6) is 0 Å². The molecule has 10 heteroatoms. The van der Waals surface area contributed by atoms with Crippen LogP contribution in [0, 0.1) is 15.9 Å². The zero-order chi connectivity index (χ0) is 14.8. The number of rotatable bonds is 4. The van der Waals surface area contributed by atoms with Crippen molar-refractivity contribution in [1.82, 2.24) is 4.90 Å². The van der Waals surface area contributed by atoms with Crippen molar-refractivity contribution in [3.63, 3.8) is 0 Å². The Labute approximate surface area is 113 Å². The molecule has 104 valence electrons. The molecule has 1 aromatic rings. The maximum Gasteiger partial charge on any atom is 0.306 e. The number of hydrogen-bond acceptors (Lipinski definition) is 4. The van der Waals surface area contributed by atoms with Crippen molar-refractivity contribution in [3.8, 4) is 0 Å². The van der Waals surface area contributed by atoms with Gasteiger partial charge in [-0.3, -0.25) is 10.1 Å². The molecule has 0 heterocycles. The number of benzene rings is 1. The van der Waals surface area contributed by atoms with Crippen molar-refractivity contribution in [3.05, 3.63) is 33.1 Å². The first-order chi connectivity index (χ1) is 8.65. The Morgan fingerprint density at radius 3 is 2.53 bits per heavy atom. The molecule has 0 unspecified atom stereocenters. The molecule has 0 fully saturated rings. The average molecular weight is 310 g/mol. The lowest BCUT2D eigenvalue weighted by Gasteiger charge is -2.05. The topological polar surface area (TPSA) is 92.9 Å². The molecule has 7 nitrogen and oxygen atoms in total. The Morgan fingerprint density at radius 2 is 2.05 bits per heavy atom. The summed E-state index contributed by atoms with van der Waals surface area (Å²) in [5.41, 5.74) is -0.983. The average Bonchev–Trinajstić information content (AvgIpc) is 2.25. The summed E-state index contributed by atoms with van der Waals surface area (Å²) in [6, 6.07) is 1.11. The van der Waals surface area contributed by atoms with E-state index < -0.39 is 36.4 Å². The Balaban J connectivity index is 3.43. The van der Waals surface area contributed by atoms with E-state index in [1.165, 1.54) is 19.0 Å². The highest BCUT2D eigenvalue weighted by molar-refractivity contribution is 7.90. The summed E-state index contributed by atoms with van der Waals surface area (Å²) < 4.78 is 40.1. The zero-order valence-electron chi connectivity index (χ0n) is 9.87. The van der Waals surface area contributed by atoms with Crippen LogP contribution in [0.1, 0.15) is 0 Å². The molecule has 0 N–H and O–H groups in total. The summed E-state index contributed by atoms with van der Waals surface area (Å²) in [4.78, 5) is 10.2. The molecule has 0 aliphatic carbocycles. The standard InChI is InChI=1S/C9H9ClFN3O4S/c1-13(2)5-12-19(17,18)9-4-8(14(15)16)7(11)3-6(9)10/h3-5H,1-2H3/b12-5+. The molecular formula is C9H9ClFN3O4S. The van der Waals surface area contributed by atoms with Crippen molar-refractivity contribution >= 4 is 33.7 Å². The molecule has 0 saturated carbocycles. The number of hydrogen-bond donors (Lipinski definition) is 0. The van der Waals surface area contributed by atoms with Gasteiger partial charge in [0.15, 0.2) is 0 Å². The lowest BCUT2D eigenvalue weighted by molar-refractivity contribution is -0.387. The first-order valence-electron chi connectivity index (χ1n) is 4.75. The van der Waals surface area contributed by atoms with Crippen LogP contribution < -0.4 is 0 Å². The zero-order valence-corrected chi connectivity index (χ0v) is 11.4. The van der Waals surface area contributed by atoms with Crippen LogP contribution in [-0.2, 0) is 10.0 Å². The van der Waals surface area contributed by atoms with Gasteiger partial charge in [-0.15, -0.1) is 4.40 Å². The summed E-state index contributed by atoms with van der Waals surface area (Å²) in [6.07, 6.45) is 0.987. The third-order valence-electron chi connectivity index (χ3n) is 1.89. The second-order valence-electron chi connectivity index (χ2n) is 3.65. The van der Waals surface area contributed by atoms with Crippen LogP contribution in [0.3, 0.4) is 0 Å². The van der Waals surface area contributed by atoms with Crippen LogP contribution in [-0.4, -0.2) is 38.7 Å². The lowest BCUT2D eigenvalue weighted by Crippen LogP contribution is -2.10. The fourth-order valence-electron chi connectivity index (χ4n) is 1.07. The van der Waals surface area contributed by atoms with E-state index in [-0.39, 0.29) is 0 Å². The van der Waals surface area contributed by atoms with Crippen LogP contribution >= 0.6 is 11.6 Å². The molecule has 0 aliphatic heterocycles. The molecule has 19 heavy (non-hydrogen) atoms. The molecular weight excluding hydrogens is 301 g/mol.